The number of carbonyl (C=O) groups is 1. The molecule has 3 unspecified atom stereocenters. The summed E-state index contributed by atoms with van der Waals surface area (Å²) in [5.41, 5.74) is 0. The van der Waals surface area contributed by atoms with Crippen molar-refractivity contribution in [2.75, 3.05) is 5.75 Å². The minimum atomic E-state index is -3.16. The second kappa shape index (κ2) is 5.81. The van der Waals surface area contributed by atoms with Crippen molar-refractivity contribution in [1.82, 2.24) is 0 Å². The number of rotatable bonds is 4. The third-order valence-corrected chi connectivity index (χ3v) is 6.89. The molecule has 0 radical (unpaired) electrons. The molecule has 0 saturated heterocycles. The molecule has 1 aliphatic rings. The topological polar surface area (TPSA) is 71.4 Å². The van der Waals surface area contributed by atoms with Crippen LogP contribution in [0.2, 0.25) is 0 Å². The fourth-order valence-corrected chi connectivity index (χ4v) is 3.98. The van der Waals surface area contributed by atoms with E-state index >= 15 is 0 Å². The van der Waals surface area contributed by atoms with Crippen molar-refractivity contribution in [3.05, 3.63) is 0 Å². The minimum Gasteiger partial charge on any atom is -0.481 e. The Morgan fingerprint density at radius 3 is 2.32 bits per heavy atom. The van der Waals surface area contributed by atoms with E-state index in [9.17, 15) is 18.3 Å². The van der Waals surface area contributed by atoms with Crippen LogP contribution in [0.4, 0.5) is 0 Å². The smallest absolute Gasteiger partial charge is 0.306 e. The van der Waals surface area contributed by atoms with Crippen molar-refractivity contribution in [3.8, 4) is 0 Å². The standard InChI is InChI=1S/C14H26O4S/c1-10-5-6-12(13(15)16)11(9-10)7-8-19(17,18)14(2,3)4/h10-12H,5-9H2,1-4H3,(H,15,16). The summed E-state index contributed by atoms with van der Waals surface area (Å²) in [5, 5.41) is 9.23. The Balaban J connectivity index is 2.71. The fraction of sp³-hybridized carbons (Fsp3) is 0.929. The first-order chi connectivity index (χ1) is 8.54. The molecule has 1 fully saturated rings. The minimum absolute atomic E-state index is 0.00150. The molecule has 1 aliphatic carbocycles. The summed E-state index contributed by atoms with van der Waals surface area (Å²) in [6, 6.07) is 0. The molecule has 4 nitrogen and oxygen atoms in total. The summed E-state index contributed by atoms with van der Waals surface area (Å²) in [6.45, 7) is 7.20. The first-order valence-electron chi connectivity index (χ1n) is 6.99. The lowest BCUT2D eigenvalue weighted by molar-refractivity contribution is -0.145. The zero-order chi connectivity index (χ0) is 14.8. The number of hydrogen-bond donors (Lipinski definition) is 1. The molecular weight excluding hydrogens is 264 g/mol. The van der Waals surface area contributed by atoms with Gasteiger partial charge in [0.25, 0.3) is 0 Å². The SMILES string of the molecule is CC1CCC(C(=O)O)C(CCS(=O)(=O)C(C)(C)C)C1. The molecule has 0 aliphatic heterocycles. The zero-order valence-electron chi connectivity index (χ0n) is 12.3. The second-order valence-electron chi connectivity index (χ2n) is 6.84. The molecule has 19 heavy (non-hydrogen) atoms. The van der Waals surface area contributed by atoms with Gasteiger partial charge in [-0.15, -0.1) is 0 Å². The molecule has 0 heterocycles. The van der Waals surface area contributed by atoms with Crippen molar-refractivity contribution in [1.29, 1.82) is 0 Å². The lowest BCUT2D eigenvalue weighted by Gasteiger charge is -2.33. The van der Waals surface area contributed by atoms with Crippen LogP contribution in [0.15, 0.2) is 0 Å². The summed E-state index contributed by atoms with van der Waals surface area (Å²) in [7, 11) is -3.16. The van der Waals surface area contributed by atoms with Crippen LogP contribution in [0.5, 0.6) is 0 Å². The van der Waals surface area contributed by atoms with Crippen LogP contribution in [0, 0.1) is 17.8 Å². The summed E-state index contributed by atoms with van der Waals surface area (Å²) in [4.78, 5) is 11.2. The van der Waals surface area contributed by atoms with Gasteiger partial charge in [0.2, 0.25) is 0 Å². The van der Waals surface area contributed by atoms with E-state index in [1.165, 1.54) is 0 Å². The van der Waals surface area contributed by atoms with E-state index in [4.69, 9.17) is 0 Å². The van der Waals surface area contributed by atoms with E-state index < -0.39 is 20.6 Å². The number of hydrogen-bond acceptors (Lipinski definition) is 3. The maximum absolute atomic E-state index is 12.1. The van der Waals surface area contributed by atoms with Gasteiger partial charge in [-0.2, -0.15) is 0 Å². The van der Waals surface area contributed by atoms with E-state index in [2.05, 4.69) is 6.92 Å². The highest BCUT2D eigenvalue weighted by molar-refractivity contribution is 7.92. The molecule has 0 amide bonds. The maximum atomic E-state index is 12.1. The average Bonchev–Trinajstić information content (AvgIpc) is 2.24. The summed E-state index contributed by atoms with van der Waals surface area (Å²) in [5.74, 6) is -0.551. The van der Waals surface area contributed by atoms with Gasteiger partial charge in [-0.1, -0.05) is 6.92 Å². The van der Waals surface area contributed by atoms with Gasteiger partial charge in [0.1, 0.15) is 0 Å². The van der Waals surface area contributed by atoms with Gasteiger partial charge in [0.05, 0.1) is 16.4 Å². The van der Waals surface area contributed by atoms with Gasteiger partial charge in [0, 0.05) is 0 Å². The third-order valence-electron chi connectivity index (χ3n) is 4.25. The molecular formula is C14H26O4S. The highest BCUT2D eigenvalue weighted by atomic mass is 32.2. The Bertz CT molecular complexity index is 419. The van der Waals surface area contributed by atoms with Crippen LogP contribution >= 0.6 is 0 Å². The van der Waals surface area contributed by atoms with Crippen LogP contribution in [0.3, 0.4) is 0 Å². The average molecular weight is 290 g/mol. The highest BCUT2D eigenvalue weighted by Crippen LogP contribution is 2.36. The third kappa shape index (κ3) is 4.20. The number of carboxylic acid groups (broad SMARTS) is 1. The molecule has 0 aromatic carbocycles. The molecule has 0 spiro atoms. The van der Waals surface area contributed by atoms with E-state index in [1.807, 2.05) is 0 Å². The number of aliphatic carboxylic acids is 1. The molecule has 0 aromatic rings. The first-order valence-corrected chi connectivity index (χ1v) is 8.65. The Morgan fingerprint density at radius 2 is 1.84 bits per heavy atom. The van der Waals surface area contributed by atoms with Crippen molar-refractivity contribution in [3.63, 3.8) is 0 Å². The molecule has 3 atom stereocenters. The Kier molecular flexibility index (Phi) is 5.04. The zero-order valence-corrected chi connectivity index (χ0v) is 13.2. The van der Waals surface area contributed by atoms with Gasteiger partial charge in [-0.25, -0.2) is 8.42 Å². The first kappa shape index (κ1) is 16.5. The summed E-state index contributed by atoms with van der Waals surface area (Å²) in [6.07, 6.45) is 2.91. The van der Waals surface area contributed by atoms with E-state index in [0.717, 1.165) is 12.8 Å². The summed E-state index contributed by atoms with van der Waals surface area (Å²) >= 11 is 0. The molecule has 1 rings (SSSR count). The Labute approximate surface area is 116 Å². The molecule has 0 bridgehead atoms. The molecule has 112 valence electrons. The van der Waals surface area contributed by atoms with Gasteiger partial charge in [-0.05, 0) is 58.3 Å². The largest absolute Gasteiger partial charge is 0.481 e. The second-order valence-corrected chi connectivity index (χ2v) is 9.71. The van der Waals surface area contributed by atoms with Gasteiger partial charge >= 0.3 is 5.97 Å². The van der Waals surface area contributed by atoms with Gasteiger partial charge in [0.15, 0.2) is 9.84 Å². The van der Waals surface area contributed by atoms with Crippen LogP contribution in [0.1, 0.15) is 53.4 Å². The van der Waals surface area contributed by atoms with Gasteiger partial charge < -0.3 is 5.11 Å². The highest BCUT2D eigenvalue weighted by Gasteiger charge is 2.36. The maximum Gasteiger partial charge on any atom is 0.306 e. The van der Waals surface area contributed by atoms with Crippen LogP contribution < -0.4 is 0 Å². The van der Waals surface area contributed by atoms with Crippen molar-refractivity contribution < 1.29 is 18.3 Å². The Hall–Kier alpha value is -0.580. The van der Waals surface area contributed by atoms with Crippen molar-refractivity contribution in [2.45, 2.75) is 58.1 Å². The van der Waals surface area contributed by atoms with E-state index in [-0.39, 0.29) is 17.6 Å². The molecule has 1 N–H and O–H groups in total. The normalized spacial score (nSPS) is 29.2. The number of carboxylic acids is 1. The van der Waals surface area contributed by atoms with E-state index in [1.54, 1.807) is 20.8 Å². The number of sulfone groups is 1. The van der Waals surface area contributed by atoms with Crippen molar-refractivity contribution in [2.24, 2.45) is 17.8 Å². The van der Waals surface area contributed by atoms with Crippen LogP contribution in [0.25, 0.3) is 0 Å². The lowest BCUT2D eigenvalue weighted by atomic mass is 9.73. The molecule has 5 heteroatoms. The molecule has 1 saturated carbocycles. The Morgan fingerprint density at radius 1 is 1.26 bits per heavy atom. The van der Waals surface area contributed by atoms with Gasteiger partial charge in [-0.3, -0.25) is 4.79 Å². The summed E-state index contributed by atoms with van der Waals surface area (Å²) < 4.78 is 23.5. The quantitative estimate of drug-likeness (QED) is 0.864. The monoisotopic (exact) mass is 290 g/mol. The predicted octanol–water partition coefficient (Wildman–Crippen LogP) is 2.73. The van der Waals surface area contributed by atoms with E-state index in [0.29, 0.717) is 18.8 Å². The lowest BCUT2D eigenvalue weighted by Crippen LogP contribution is -2.35. The predicted molar refractivity (Wildman–Crippen MR) is 75.8 cm³/mol. The fourth-order valence-electron chi connectivity index (χ4n) is 2.76. The van der Waals surface area contributed by atoms with Crippen LogP contribution in [-0.2, 0) is 14.6 Å². The van der Waals surface area contributed by atoms with Crippen molar-refractivity contribution >= 4 is 15.8 Å². The van der Waals surface area contributed by atoms with Crippen LogP contribution in [-0.4, -0.2) is 30.0 Å². The molecule has 0 aromatic heterocycles.